The van der Waals surface area contributed by atoms with Crippen molar-refractivity contribution in [2.24, 2.45) is 11.7 Å². The van der Waals surface area contributed by atoms with Gasteiger partial charge in [0.1, 0.15) is 29.2 Å². The molecule has 0 aliphatic heterocycles. The Morgan fingerprint density at radius 3 is 2.50 bits per heavy atom. The van der Waals surface area contributed by atoms with Gasteiger partial charge in [-0.15, -0.1) is 0 Å². The van der Waals surface area contributed by atoms with Crippen LogP contribution >= 0.6 is 0 Å². The van der Waals surface area contributed by atoms with Crippen molar-refractivity contribution in [2.75, 3.05) is 7.11 Å². The van der Waals surface area contributed by atoms with Gasteiger partial charge in [0.15, 0.2) is 11.4 Å². The van der Waals surface area contributed by atoms with Crippen molar-refractivity contribution in [1.82, 2.24) is 4.98 Å². The highest BCUT2D eigenvalue weighted by Crippen LogP contribution is 2.36. The molecule has 0 spiro atoms. The molecule has 9 heteroatoms. The van der Waals surface area contributed by atoms with Crippen LogP contribution in [0.4, 0.5) is 4.39 Å². The molecule has 0 saturated carbocycles. The zero-order chi connectivity index (χ0) is 23.5. The van der Waals surface area contributed by atoms with E-state index in [1.54, 1.807) is 24.3 Å². The third-order valence-electron chi connectivity index (χ3n) is 5.00. The van der Waals surface area contributed by atoms with E-state index >= 15 is 4.39 Å². The van der Waals surface area contributed by atoms with Gasteiger partial charge in [-0.25, -0.2) is 9.37 Å². The van der Waals surface area contributed by atoms with Crippen molar-refractivity contribution in [3.63, 3.8) is 0 Å². The number of benzene rings is 2. The monoisotopic (exact) mass is 437 g/mol. The van der Waals surface area contributed by atoms with Crippen LogP contribution in [-0.2, 0) is 9.53 Å². The molecule has 0 aliphatic rings. The molecular formula is C23H20FN3O5. The Kier molecular flexibility index (Phi) is 6.37. The molecule has 164 valence electrons. The first kappa shape index (κ1) is 22.7. The molecule has 8 nitrogen and oxygen atoms in total. The van der Waals surface area contributed by atoms with Crippen LogP contribution in [0.25, 0.3) is 10.8 Å². The molecule has 2 aromatic carbocycles. The summed E-state index contributed by atoms with van der Waals surface area (Å²) in [5, 5.41) is 20.5. The third-order valence-corrected chi connectivity index (χ3v) is 5.00. The van der Waals surface area contributed by atoms with E-state index in [2.05, 4.69) is 9.72 Å². The second-order valence-corrected chi connectivity index (χ2v) is 6.97. The summed E-state index contributed by atoms with van der Waals surface area (Å²) in [6, 6.07) is 15.1. The Morgan fingerprint density at radius 2 is 1.91 bits per heavy atom. The van der Waals surface area contributed by atoms with Gasteiger partial charge in [0.05, 0.1) is 7.11 Å². The van der Waals surface area contributed by atoms with Crippen molar-refractivity contribution in [1.29, 1.82) is 5.26 Å². The summed E-state index contributed by atoms with van der Waals surface area (Å²) in [4.78, 5) is 28.6. The number of fused-ring (bicyclic) bond motifs is 1. The first-order chi connectivity index (χ1) is 15.2. The lowest BCUT2D eigenvalue weighted by molar-refractivity contribution is -0.150. The number of pyridine rings is 1. The van der Waals surface area contributed by atoms with E-state index in [4.69, 9.17) is 10.5 Å². The van der Waals surface area contributed by atoms with Crippen molar-refractivity contribution in [3.05, 3.63) is 59.9 Å². The van der Waals surface area contributed by atoms with Gasteiger partial charge in [-0.05, 0) is 36.8 Å². The van der Waals surface area contributed by atoms with E-state index in [-0.39, 0.29) is 22.9 Å². The fourth-order valence-corrected chi connectivity index (χ4v) is 3.33. The first-order valence-electron chi connectivity index (χ1n) is 9.64. The SMILES string of the molecule is CCC(C(=O)OC)C(N)(F)C(=O)c1nc(C#N)c2cc(Oc3ccccc3)ccc2c1O. The number of carbonyl (C=O) groups is 2. The molecule has 0 fully saturated rings. The highest BCUT2D eigenvalue weighted by Gasteiger charge is 2.48. The molecule has 1 heterocycles. The van der Waals surface area contributed by atoms with E-state index in [0.29, 0.717) is 11.5 Å². The predicted octanol–water partition coefficient (Wildman–Crippen LogP) is 3.61. The number of methoxy groups -OCH3 is 1. The van der Waals surface area contributed by atoms with E-state index in [1.807, 2.05) is 12.1 Å². The minimum Gasteiger partial charge on any atom is -0.505 e. The van der Waals surface area contributed by atoms with Crippen LogP contribution < -0.4 is 10.5 Å². The van der Waals surface area contributed by atoms with E-state index in [0.717, 1.165) is 7.11 Å². The number of rotatable bonds is 7. The molecular weight excluding hydrogens is 417 g/mol. The minimum absolute atomic E-state index is 0.0715. The summed E-state index contributed by atoms with van der Waals surface area (Å²) >= 11 is 0. The van der Waals surface area contributed by atoms with Gasteiger partial charge >= 0.3 is 5.97 Å². The maximum Gasteiger partial charge on any atom is 0.313 e. The summed E-state index contributed by atoms with van der Waals surface area (Å²) in [7, 11) is 1.04. The highest BCUT2D eigenvalue weighted by atomic mass is 19.1. The molecule has 0 aliphatic carbocycles. The number of hydrogen-bond donors (Lipinski definition) is 2. The quantitative estimate of drug-likeness (QED) is 0.325. The fourth-order valence-electron chi connectivity index (χ4n) is 3.33. The van der Waals surface area contributed by atoms with Gasteiger partial charge in [0, 0.05) is 10.8 Å². The summed E-state index contributed by atoms with van der Waals surface area (Å²) in [6.45, 7) is 1.46. The number of Topliss-reactive ketones (excluding diaryl/α,β-unsaturated/α-hetero) is 1. The van der Waals surface area contributed by atoms with Crippen LogP contribution in [0.3, 0.4) is 0 Å². The van der Waals surface area contributed by atoms with Crippen LogP contribution in [0.2, 0.25) is 0 Å². The lowest BCUT2D eigenvalue weighted by atomic mass is 9.89. The Labute approximate surface area is 183 Å². The highest BCUT2D eigenvalue weighted by molar-refractivity contribution is 6.09. The number of hydrogen-bond acceptors (Lipinski definition) is 8. The number of halogens is 1. The molecule has 1 aromatic heterocycles. The third kappa shape index (κ3) is 4.08. The lowest BCUT2D eigenvalue weighted by Gasteiger charge is -2.26. The van der Waals surface area contributed by atoms with Gasteiger partial charge < -0.3 is 14.6 Å². The summed E-state index contributed by atoms with van der Waals surface area (Å²) in [5.41, 5.74) is 4.57. The van der Waals surface area contributed by atoms with Crippen LogP contribution in [0.1, 0.15) is 29.5 Å². The fraction of sp³-hybridized carbons (Fsp3) is 0.217. The van der Waals surface area contributed by atoms with Gasteiger partial charge in [-0.1, -0.05) is 25.1 Å². The minimum atomic E-state index is -3.21. The number of nitrogens with two attached hydrogens (primary N) is 1. The van der Waals surface area contributed by atoms with E-state index in [9.17, 15) is 20.0 Å². The van der Waals surface area contributed by atoms with Crippen LogP contribution in [0.15, 0.2) is 48.5 Å². The number of aromatic hydroxyl groups is 1. The van der Waals surface area contributed by atoms with E-state index < -0.39 is 34.9 Å². The van der Waals surface area contributed by atoms with Crippen LogP contribution in [0.5, 0.6) is 17.2 Å². The smallest absolute Gasteiger partial charge is 0.313 e. The topological polar surface area (TPSA) is 136 Å². The normalized spacial score (nSPS) is 13.6. The van der Waals surface area contributed by atoms with Gasteiger partial charge in [0.25, 0.3) is 0 Å². The van der Waals surface area contributed by atoms with Crippen molar-refractivity contribution < 1.29 is 28.6 Å². The Bertz CT molecular complexity index is 1220. The average Bonchev–Trinajstić information content (AvgIpc) is 2.79. The second kappa shape index (κ2) is 8.99. The van der Waals surface area contributed by atoms with Crippen LogP contribution in [-0.4, -0.2) is 34.7 Å². The summed E-state index contributed by atoms with van der Waals surface area (Å²) < 4.78 is 25.5. The number of carbonyl (C=O) groups excluding carboxylic acids is 2. The Hall–Kier alpha value is -4.03. The zero-order valence-corrected chi connectivity index (χ0v) is 17.3. The molecule has 32 heavy (non-hydrogen) atoms. The molecule has 3 N–H and O–H groups in total. The summed E-state index contributed by atoms with van der Waals surface area (Å²) in [5.74, 6) is -7.04. The molecule has 0 saturated heterocycles. The average molecular weight is 437 g/mol. The number of aromatic nitrogens is 1. The number of nitriles is 1. The molecule has 0 amide bonds. The number of ketones is 1. The predicted molar refractivity (Wildman–Crippen MR) is 113 cm³/mol. The molecule has 2 atom stereocenters. The number of ether oxygens (including phenoxy) is 2. The largest absolute Gasteiger partial charge is 0.505 e. The van der Waals surface area contributed by atoms with Gasteiger partial charge in [-0.3, -0.25) is 15.3 Å². The number of esters is 1. The zero-order valence-electron chi connectivity index (χ0n) is 17.3. The summed E-state index contributed by atoms with van der Waals surface area (Å²) in [6.07, 6.45) is -0.134. The lowest BCUT2D eigenvalue weighted by Crippen LogP contribution is -2.53. The van der Waals surface area contributed by atoms with Crippen LogP contribution in [0, 0.1) is 17.2 Å². The van der Waals surface area contributed by atoms with Crippen molar-refractivity contribution in [2.45, 2.75) is 19.1 Å². The number of para-hydroxylation sites is 1. The Balaban J connectivity index is 2.09. The molecule has 0 radical (unpaired) electrons. The Morgan fingerprint density at radius 1 is 1.22 bits per heavy atom. The van der Waals surface area contributed by atoms with Gasteiger partial charge in [-0.2, -0.15) is 5.26 Å². The van der Waals surface area contributed by atoms with Gasteiger partial charge in [0.2, 0.25) is 11.6 Å². The number of alkyl halides is 1. The molecule has 3 rings (SSSR count). The number of nitrogens with zero attached hydrogens (tertiary/aromatic N) is 2. The second-order valence-electron chi connectivity index (χ2n) is 6.97. The first-order valence-corrected chi connectivity index (χ1v) is 9.64. The standard InChI is InChI=1S/C23H20FN3O5/c1-3-17(22(30)31-2)23(24,26)21(29)19-20(28)15-10-9-14(11-16(15)18(12-25)27-19)32-13-7-5-4-6-8-13/h4-11,17,28H,3,26H2,1-2H3. The van der Waals surface area contributed by atoms with Crippen molar-refractivity contribution in [3.8, 4) is 23.3 Å². The molecule has 2 unspecified atom stereocenters. The maximum absolute atomic E-state index is 15.3. The van der Waals surface area contributed by atoms with E-state index in [1.165, 1.54) is 25.1 Å². The maximum atomic E-state index is 15.3. The van der Waals surface area contributed by atoms with Crippen molar-refractivity contribution >= 4 is 22.5 Å². The molecule has 3 aromatic rings. The molecule has 0 bridgehead atoms.